The van der Waals surface area contributed by atoms with Gasteiger partial charge in [0.1, 0.15) is 0 Å². The first-order chi connectivity index (χ1) is 9.61. The van der Waals surface area contributed by atoms with Crippen LogP contribution in [-0.2, 0) is 4.79 Å². The molecule has 1 heterocycles. The zero-order chi connectivity index (χ0) is 14.5. The van der Waals surface area contributed by atoms with E-state index in [1.54, 1.807) is 13.2 Å². The molecule has 1 aromatic rings. The normalized spacial score (nSPS) is 19.8. The van der Waals surface area contributed by atoms with Crippen molar-refractivity contribution >= 4 is 5.91 Å². The van der Waals surface area contributed by atoms with Gasteiger partial charge in [-0.15, -0.1) is 0 Å². The summed E-state index contributed by atoms with van der Waals surface area (Å²) in [7, 11) is 3.66. The first kappa shape index (κ1) is 14.7. The Hall–Kier alpha value is -1.75. The molecule has 5 nitrogen and oxygen atoms in total. The predicted octanol–water partition coefficient (Wildman–Crippen LogP) is 1.24. The van der Waals surface area contributed by atoms with Crippen molar-refractivity contribution in [3.05, 3.63) is 24.3 Å². The second kappa shape index (κ2) is 6.61. The SMILES string of the molecule is COc1ccccc1OCC(=O)N1CCN(C)CC1C. The molecule has 1 atom stereocenters. The summed E-state index contributed by atoms with van der Waals surface area (Å²) in [6, 6.07) is 7.58. The Balaban J connectivity index is 1.92. The maximum absolute atomic E-state index is 12.2. The van der Waals surface area contributed by atoms with E-state index in [9.17, 15) is 4.79 Å². The molecule has 0 radical (unpaired) electrons. The molecule has 110 valence electrons. The first-order valence-electron chi connectivity index (χ1n) is 6.85. The van der Waals surface area contributed by atoms with E-state index in [2.05, 4.69) is 18.9 Å². The van der Waals surface area contributed by atoms with Gasteiger partial charge in [-0.1, -0.05) is 12.1 Å². The van der Waals surface area contributed by atoms with Crippen LogP contribution in [0.25, 0.3) is 0 Å². The van der Waals surface area contributed by atoms with Crippen molar-refractivity contribution in [1.82, 2.24) is 9.80 Å². The molecule has 0 bridgehead atoms. The molecule has 1 saturated heterocycles. The lowest BCUT2D eigenvalue weighted by Crippen LogP contribution is -2.53. The van der Waals surface area contributed by atoms with Gasteiger partial charge in [-0.05, 0) is 26.1 Å². The third-order valence-electron chi connectivity index (χ3n) is 3.57. The number of piperazine rings is 1. The fraction of sp³-hybridized carbons (Fsp3) is 0.533. The number of amides is 1. The summed E-state index contributed by atoms with van der Waals surface area (Å²) in [5, 5.41) is 0. The Morgan fingerprint density at radius 3 is 2.65 bits per heavy atom. The molecule has 0 N–H and O–H groups in total. The largest absolute Gasteiger partial charge is 0.493 e. The van der Waals surface area contributed by atoms with Crippen molar-refractivity contribution in [1.29, 1.82) is 0 Å². The van der Waals surface area contributed by atoms with Gasteiger partial charge < -0.3 is 19.3 Å². The van der Waals surface area contributed by atoms with E-state index >= 15 is 0 Å². The van der Waals surface area contributed by atoms with Crippen LogP contribution < -0.4 is 9.47 Å². The van der Waals surface area contributed by atoms with Crippen molar-refractivity contribution in [3.63, 3.8) is 0 Å². The van der Waals surface area contributed by atoms with Crippen LogP contribution in [0.4, 0.5) is 0 Å². The summed E-state index contributed by atoms with van der Waals surface area (Å²) in [4.78, 5) is 16.3. The number of nitrogens with zero attached hydrogens (tertiary/aromatic N) is 2. The van der Waals surface area contributed by atoms with Crippen LogP contribution in [0.3, 0.4) is 0 Å². The highest BCUT2D eigenvalue weighted by atomic mass is 16.5. The lowest BCUT2D eigenvalue weighted by atomic mass is 10.2. The lowest BCUT2D eigenvalue weighted by Gasteiger charge is -2.38. The summed E-state index contributed by atoms with van der Waals surface area (Å²) >= 11 is 0. The van der Waals surface area contributed by atoms with E-state index in [1.165, 1.54) is 0 Å². The lowest BCUT2D eigenvalue weighted by molar-refractivity contribution is -0.137. The van der Waals surface area contributed by atoms with Crippen LogP contribution in [0.5, 0.6) is 11.5 Å². The highest BCUT2D eigenvalue weighted by Gasteiger charge is 2.25. The van der Waals surface area contributed by atoms with E-state index in [4.69, 9.17) is 9.47 Å². The maximum atomic E-state index is 12.2. The summed E-state index contributed by atoms with van der Waals surface area (Å²) in [6.07, 6.45) is 0. The summed E-state index contributed by atoms with van der Waals surface area (Å²) in [5.41, 5.74) is 0. The standard InChI is InChI=1S/C15H22N2O3/c1-12-10-16(2)8-9-17(12)15(18)11-20-14-7-5-4-6-13(14)19-3/h4-7,12H,8-11H2,1-3H3. The molecule has 0 saturated carbocycles. The van der Waals surface area contributed by atoms with E-state index in [0.717, 1.165) is 19.6 Å². The van der Waals surface area contributed by atoms with Crippen LogP contribution in [0, 0.1) is 0 Å². The Bertz CT molecular complexity index is 464. The molecule has 0 aliphatic carbocycles. The van der Waals surface area contributed by atoms with Crippen LogP contribution in [0.1, 0.15) is 6.92 Å². The first-order valence-corrected chi connectivity index (χ1v) is 6.85. The summed E-state index contributed by atoms with van der Waals surface area (Å²) < 4.78 is 10.8. The van der Waals surface area contributed by atoms with E-state index in [0.29, 0.717) is 11.5 Å². The van der Waals surface area contributed by atoms with Crippen LogP contribution in [0.15, 0.2) is 24.3 Å². The number of ether oxygens (including phenoxy) is 2. The van der Waals surface area contributed by atoms with E-state index in [-0.39, 0.29) is 18.6 Å². The molecule has 0 spiro atoms. The number of methoxy groups -OCH3 is 1. The molecule has 2 rings (SSSR count). The highest BCUT2D eigenvalue weighted by Crippen LogP contribution is 2.25. The van der Waals surface area contributed by atoms with Crippen LogP contribution in [0.2, 0.25) is 0 Å². The number of hydrogen-bond acceptors (Lipinski definition) is 4. The number of benzene rings is 1. The monoisotopic (exact) mass is 278 g/mol. The number of rotatable bonds is 4. The molecule has 20 heavy (non-hydrogen) atoms. The quantitative estimate of drug-likeness (QED) is 0.831. The number of carbonyl (C=O) groups is 1. The molecular formula is C15H22N2O3. The van der Waals surface area contributed by atoms with Crippen molar-refractivity contribution < 1.29 is 14.3 Å². The Morgan fingerprint density at radius 1 is 1.30 bits per heavy atom. The zero-order valence-corrected chi connectivity index (χ0v) is 12.3. The summed E-state index contributed by atoms with van der Waals surface area (Å²) in [6.45, 7) is 4.68. The Kier molecular flexibility index (Phi) is 4.84. The van der Waals surface area contributed by atoms with Crippen molar-refractivity contribution in [2.24, 2.45) is 0 Å². The number of likely N-dealkylation sites (N-methyl/N-ethyl adjacent to an activating group) is 1. The van der Waals surface area contributed by atoms with E-state index < -0.39 is 0 Å². The second-order valence-electron chi connectivity index (χ2n) is 5.14. The van der Waals surface area contributed by atoms with Gasteiger partial charge in [0.25, 0.3) is 5.91 Å². The fourth-order valence-electron chi connectivity index (χ4n) is 2.47. The van der Waals surface area contributed by atoms with Crippen molar-refractivity contribution in [2.75, 3.05) is 40.4 Å². The van der Waals surface area contributed by atoms with Gasteiger partial charge in [0.2, 0.25) is 0 Å². The van der Waals surface area contributed by atoms with E-state index in [1.807, 2.05) is 23.1 Å². The minimum absolute atomic E-state index is 0.0245. The third-order valence-corrected chi connectivity index (χ3v) is 3.57. The molecule has 0 aromatic heterocycles. The van der Waals surface area contributed by atoms with Crippen LogP contribution in [-0.4, -0.2) is 62.1 Å². The van der Waals surface area contributed by atoms with Crippen molar-refractivity contribution in [2.45, 2.75) is 13.0 Å². The Labute approximate surface area is 120 Å². The molecular weight excluding hydrogens is 256 g/mol. The van der Waals surface area contributed by atoms with Gasteiger partial charge in [-0.3, -0.25) is 4.79 Å². The second-order valence-corrected chi connectivity index (χ2v) is 5.14. The van der Waals surface area contributed by atoms with Gasteiger partial charge in [0.05, 0.1) is 7.11 Å². The minimum atomic E-state index is 0.0245. The van der Waals surface area contributed by atoms with Crippen molar-refractivity contribution in [3.8, 4) is 11.5 Å². The zero-order valence-electron chi connectivity index (χ0n) is 12.3. The van der Waals surface area contributed by atoms with Gasteiger partial charge >= 0.3 is 0 Å². The smallest absolute Gasteiger partial charge is 0.260 e. The average molecular weight is 278 g/mol. The van der Waals surface area contributed by atoms with Crippen LogP contribution >= 0.6 is 0 Å². The topological polar surface area (TPSA) is 42.0 Å². The average Bonchev–Trinajstić information content (AvgIpc) is 2.45. The Morgan fingerprint density at radius 2 is 2.00 bits per heavy atom. The molecule has 1 aromatic carbocycles. The minimum Gasteiger partial charge on any atom is -0.493 e. The molecule has 1 unspecified atom stereocenters. The highest BCUT2D eigenvalue weighted by molar-refractivity contribution is 5.78. The number of carbonyl (C=O) groups excluding carboxylic acids is 1. The maximum Gasteiger partial charge on any atom is 0.260 e. The third kappa shape index (κ3) is 3.42. The number of hydrogen-bond donors (Lipinski definition) is 0. The van der Waals surface area contributed by atoms with Gasteiger partial charge in [-0.25, -0.2) is 0 Å². The molecule has 5 heteroatoms. The summed E-state index contributed by atoms with van der Waals surface area (Å²) in [5.74, 6) is 1.27. The van der Waals surface area contributed by atoms with Gasteiger partial charge in [0.15, 0.2) is 18.1 Å². The molecule has 1 aliphatic rings. The fourth-order valence-corrected chi connectivity index (χ4v) is 2.47. The molecule has 1 aliphatic heterocycles. The predicted molar refractivity (Wildman–Crippen MR) is 77.2 cm³/mol. The molecule has 1 amide bonds. The van der Waals surface area contributed by atoms with Gasteiger partial charge in [-0.2, -0.15) is 0 Å². The molecule has 1 fully saturated rings. The van der Waals surface area contributed by atoms with Gasteiger partial charge in [0, 0.05) is 25.7 Å². The number of para-hydroxylation sites is 2.